The summed E-state index contributed by atoms with van der Waals surface area (Å²) >= 11 is 1.60. The Balaban J connectivity index is 2.22. The first-order valence-corrected chi connectivity index (χ1v) is 6.05. The van der Waals surface area contributed by atoms with Crippen molar-refractivity contribution in [2.45, 2.75) is 0 Å². The Morgan fingerprint density at radius 2 is 2.19 bits per heavy atom. The van der Waals surface area contributed by atoms with Gasteiger partial charge in [0.15, 0.2) is 5.17 Å². The zero-order valence-electron chi connectivity index (χ0n) is 9.01. The largest absolute Gasteiger partial charge is 0.343 e. The van der Waals surface area contributed by atoms with Crippen LogP contribution in [0.4, 0.5) is 10.5 Å². The smallest absolute Gasteiger partial charge is 0.339 e. The fraction of sp³-hybridized carbons (Fsp3) is 0.273. The molecule has 5 heteroatoms. The number of nitrogens with zero attached hydrogens (tertiary/aromatic N) is 2. The van der Waals surface area contributed by atoms with Crippen LogP contribution >= 0.6 is 11.8 Å². The number of rotatable bonds is 1. The van der Waals surface area contributed by atoms with Gasteiger partial charge in [-0.3, -0.25) is 0 Å². The Bertz CT molecular complexity index is 405. The fourth-order valence-corrected chi connectivity index (χ4v) is 2.44. The van der Waals surface area contributed by atoms with E-state index in [1.54, 1.807) is 18.8 Å². The zero-order valence-corrected chi connectivity index (χ0v) is 9.83. The summed E-state index contributed by atoms with van der Waals surface area (Å²) in [4.78, 5) is 17.3. The second-order valence-electron chi connectivity index (χ2n) is 3.29. The van der Waals surface area contributed by atoms with E-state index in [1.807, 2.05) is 30.3 Å². The molecule has 1 heterocycles. The van der Waals surface area contributed by atoms with E-state index in [0.717, 1.165) is 23.2 Å². The number of amides is 2. The lowest BCUT2D eigenvalue weighted by Crippen LogP contribution is -2.26. The molecule has 0 saturated carbocycles. The van der Waals surface area contributed by atoms with Crippen LogP contribution in [-0.2, 0) is 0 Å². The molecule has 1 aromatic rings. The Hall–Kier alpha value is -1.49. The van der Waals surface area contributed by atoms with E-state index in [4.69, 9.17) is 0 Å². The molecule has 0 aromatic heterocycles. The minimum Gasteiger partial charge on any atom is -0.339 e. The van der Waals surface area contributed by atoms with Gasteiger partial charge in [-0.2, -0.15) is 4.99 Å². The molecule has 2 amide bonds. The number of hydrogen-bond acceptors (Lipinski definition) is 2. The number of thioether (sulfide) groups is 1. The number of hydrogen-bond donors (Lipinski definition) is 1. The second kappa shape index (κ2) is 5.03. The van der Waals surface area contributed by atoms with Gasteiger partial charge in [0.1, 0.15) is 0 Å². The summed E-state index contributed by atoms with van der Waals surface area (Å²) in [6.45, 7) is 0.893. The maximum atomic E-state index is 11.2. The number of nitrogens with one attached hydrogen (secondary N) is 1. The van der Waals surface area contributed by atoms with Crippen molar-refractivity contribution in [3.05, 3.63) is 30.3 Å². The van der Waals surface area contributed by atoms with Gasteiger partial charge in [-0.1, -0.05) is 30.0 Å². The molecule has 0 atom stereocenters. The predicted molar refractivity (Wildman–Crippen MR) is 68.1 cm³/mol. The van der Waals surface area contributed by atoms with Gasteiger partial charge < -0.3 is 10.2 Å². The predicted octanol–water partition coefficient (Wildman–Crippen LogP) is 1.94. The number of anilines is 1. The van der Waals surface area contributed by atoms with Crippen molar-refractivity contribution >= 4 is 28.6 Å². The maximum Gasteiger partial charge on any atom is 0.343 e. The minimum atomic E-state index is -0.301. The molecule has 1 saturated heterocycles. The van der Waals surface area contributed by atoms with E-state index in [9.17, 15) is 4.79 Å². The summed E-state index contributed by atoms with van der Waals surface area (Å²) < 4.78 is 0. The van der Waals surface area contributed by atoms with E-state index in [1.165, 1.54) is 0 Å². The Morgan fingerprint density at radius 1 is 1.44 bits per heavy atom. The average Bonchev–Trinajstić information content (AvgIpc) is 2.78. The Labute approximate surface area is 98.7 Å². The van der Waals surface area contributed by atoms with Crippen molar-refractivity contribution in [1.82, 2.24) is 5.32 Å². The van der Waals surface area contributed by atoms with Crippen LogP contribution < -0.4 is 10.2 Å². The van der Waals surface area contributed by atoms with Gasteiger partial charge in [-0.05, 0) is 12.1 Å². The van der Waals surface area contributed by atoms with Crippen molar-refractivity contribution in [2.75, 3.05) is 24.2 Å². The molecule has 84 valence electrons. The summed E-state index contributed by atoms with van der Waals surface area (Å²) in [5.41, 5.74) is 1.08. The number of para-hydroxylation sites is 1. The molecular weight excluding hydrogens is 222 g/mol. The molecule has 1 N–H and O–H groups in total. The minimum absolute atomic E-state index is 0.301. The fourth-order valence-electron chi connectivity index (χ4n) is 1.48. The van der Waals surface area contributed by atoms with E-state index in [0.29, 0.717) is 0 Å². The molecule has 16 heavy (non-hydrogen) atoms. The van der Waals surface area contributed by atoms with Gasteiger partial charge in [0.2, 0.25) is 0 Å². The molecule has 2 rings (SSSR count). The standard InChI is InChI=1S/C11H13N3OS/c1-12-10(15)13-11-14(7-8-16-11)9-5-3-2-4-6-9/h2-6H,7-8H2,1H3,(H,12,15). The van der Waals surface area contributed by atoms with E-state index >= 15 is 0 Å². The van der Waals surface area contributed by atoms with Crippen molar-refractivity contribution in [1.29, 1.82) is 0 Å². The lowest BCUT2D eigenvalue weighted by atomic mass is 10.3. The number of benzene rings is 1. The highest BCUT2D eigenvalue weighted by Gasteiger charge is 2.21. The lowest BCUT2D eigenvalue weighted by Gasteiger charge is -2.17. The van der Waals surface area contributed by atoms with Gasteiger partial charge in [0, 0.05) is 25.0 Å². The van der Waals surface area contributed by atoms with Crippen LogP contribution in [0.1, 0.15) is 0 Å². The molecule has 1 fully saturated rings. The molecule has 0 unspecified atom stereocenters. The van der Waals surface area contributed by atoms with Gasteiger partial charge in [0.25, 0.3) is 0 Å². The summed E-state index contributed by atoms with van der Waals surface area (Å²) in [7, 11) is 1.58. The molecule has 0 aliphatic carbocycles. The summed E-state index contributed by atoms with van der Waals surface area (Å²) in [5.74, 6) is 0.963. The highest BCUT2D eigenvalue weighted by Crippen LogP contribution is 2.25. The molecule has 1 aliphatic rings. The Kier molecular flexibility index (Phi) is 3.46. The normalized spacial score (nSPS) is 17.8. The van der Waals surface area contributed by atoms with Crippen LogP contribution in [0.3, 0.4) is 0 Å². The van der Waals surface area contributed by atoms with Gasteiger partial charge >= 0.3 is 6.03 Å². The van der Waals surface area contributed by atoms with Crippen molar-refractivity contribution in [3.8, 4) is 0 Å². The third-order valence-corrected chi connectivity index (χ3v) is 3.21. The van der Waals surface area contributed by atoms with Crippen molar-refractivity contribution in [3.63, 3.8) is 0 Å². The van der Waals surface area contributed by atoms with Crippen LogP contribution in [0.25, 0.3) is 0 Å². The monoisotopic (exact) mass is 235 g/mol. The molecule has 0 bridgehead atoms. The van der Waals surface area contributed by atoms with Gasteiger partial charge in [-0.15, -0.1) is 0 Å². The Morgan fingerprint density at radius 3 is 2.88 bits per heavy atom. The topological polar surface area (TPSA) is 44.7 Å². The summed E-state index contributed by atoms with van der Waals surface area (Å²) in [6, 6.07) is 9.68. The quantitative estimate of drug-likeness (QED) is 0.809. The van der Waals surface area contributed by atoms with Crippen LogP contribution in [0.2, 0.25) is 0 Å². The van der Waals surface area contributed by atoms with E-state index in [-0.39, 0.29) is 6.03 Å². The third kappa shape index (κ3) is 2.36. The number of carbonyl (C=O) groups excluding carboxylic acids is 1. The summed E-state index contributed by atoms with van der Waals surface area (Å²) in [6.07, 6.45) is 0. The highest BCUT2D eigenvalue weighted by molar-refractivity contribution is 8.14. The molecule has 4 nitrogen and oxygen atoms in total. The molecule has 0 radical (unpaired) electrons. The van der Waals surface area contributed by atoms with Crippen LogP contribution in [0.15, 0.2) is 35.3 Å². The first-order chi connectivity index (χ1) is 7.81. The molecule has 1 aromatic carbocycles. The maximum absolute atomic E-state index is 11.2. The number of aliphatic imine (C=N–C) groups is 1. The van der Waals surface area contributed by atoms with Crippen LogP contribution in [0.5, 0.6) is 0 Å². The molecule has 1 aliphatic heterocycles. The van der Waals surface area contributed by atoms with Gasteiger partial charge in [-0.25, -0.2) is 4.79 Å². The first-order valence-electron chi connectivity index (χ1n) is 5.07. The molecular formula is C11H13N3OS. The lowest BCUT2D eigenvalue weighted by molar-refractivity contribution is 0.251. The highest BCUT2D eigenvalue weighted by atomic mass is 32.2. The van der Waals surface area contributed by atoms with Crippen molar-refractivity contribution < 1.29 is 4.79 Å². The first kappa shape index (κ1) is 11.0. The van der Waals surface area contributed by atoms with E-state index < -0.39 is 0 Å². The number of amidine groups is 1. The van der Waals surface area contributed by atoms with Crippen LogP contribution in [0, 0.1) is 0 Å². The van der Waals surface area contributed by atoms with Crippen molar-refractivity contribution in [2.24, 2.45) is 4.99 Å². The molecule has 0 spiro atoms. The van der Waals surface area contributed by atoms with Crippen LogP contribution in [-0.4, -0.2) is 30.5 Å². The SMILES string of the molecule is CNC(=O)N=C1SCCN1c1ccccc1. The second-order valence-corrected chi connectivity index (χ2v) is 4.35. The number of urea groups is 1. The van der Waals surface area contributed by atoms with E-state index in [2.05, 4.69) is 15.2 Å². The van der Waals surface area contributed by atoms with Gasteiger partial charge in [0.05, 0.1) is 0 Å². The zero-order chi connectivity index (χ0) is 11.4. The average molecular weight is 235 g/mol. The number of carbonyl (C=O) groups is 1. The third-order valence-electron chi connectivity index (χ3n) is 2.26. The summed E-state index contributed by atoms with van der Waals surface area (Å²) in [5, 5.41) is 3.27.